The number of carboxylic acid groups (broad SMARTS) is 1. The van der Waals surface area contributed by atoms with Crippen molar-refractivity contribution in [3.63, 3.8) is 0 Å². The summed E-state index contributed by atoms with van der Waals surface area (Å²) in [6.45, 7) is 1.98. The van der Waals surface area contributed by atoms with Crippen LogP contribution in [0, 0.1) is 6.92 Å². The zero-order valence-electron chi connectivity index (χ0n) is 15.5. The van der Waals surface area contributed by atoms with Crippen LogP contribution in [0.3, 0.4) is 0 Å². The maximum atomic E-state index is 11.8. The molecule has 1 N–H and O–H groups in total. The molecule has 2 heterocycles. The number of imidazole rings is 1. The number of hydrogen-bond donors (Lipinski definition) is 1. The van der Waals surface area contributed by atoms with Crippen LogP contribution in [0.5, 0.6) is 11.5 Å². The molecule has 2 aromatic heterocycles. The van der Waals surface area contributed by atoms with Crippen molar-refractivity contribution < 1.29 is 19.4 Å². The Morgan fingerprint density at radius 1 is 1.11 bits per heavy atom. The summed E-state index contributed by atoms with van der Waals surface area (Å²) in [5.74, 6) is 0.125. The second-order valence-electron chi connectivity index (χ2n) is 6.16. The Balaban J connectivity index is 1.89. The Morgan fingerprint density at radius 3 is 2.43 bits per heavy atom. The minimum atomic E-state index is -1.01. The number of aryl methyl sites for hydroxylation is 1. The van der Waals surface area contributed by atoms with E-state index in [0.717, 1.165) is 28.0 Å². The molecule has 0 amide bonds. The third-order valence-electron chi connectivity index (χ3n) is 4.39. The number of hydrogen-bond acceptors (Lipinski definition) is 6. The first kappa shape index (κ1) is 18.0. The number of aromatic carboxylic acids is 1. The molecule has 4 rings (SSSR count). The minimum Gasteiger partial charge on any atom is -0.493 e. The summed E-state index contributed by atoms with van der Waals surface area (Å²) in [4.78, 5) is 21.0. The minimum absolute atomic E-state index is 0.182. The van der Waals surface area contributed by atoms with E-state index in [1.165, 1.54) is 0 Å². The van der Waals surface area contributed by atoms with E-state index in [1.807, 2.05) is 31.2 Å². The summed E-state index contributed by atoms with van der Waals surface area (Å²) < 4.78 is 12.4. The van der Waals surface area contributed by atoms with Crippen LogP contribution < -0.4 is 9.47 Å². The van der Waals surface area contributed by atoms with Gasteiger partial charge in [0.15, 0.2) is 16.6 Å². The predicted octanol–water partition coefficient (Wildman–Crippen LogP) is 4.17. The summed E-state index contributed by atoms with van der Waals surface area (Å²) in [7, 11) is 3.13. The molecular weight excluding hydrogens is 378 g/mol. The lowest BCUT2D eigenvalue weighted by atomic mass is 10.1. The van der Waals surface area contributed by atoms with Crippen LogP contribution in [0.4, 0.5) is 0 Å². The van der Waals surface area contributed by atoms with Gasteiger partial charge in [-0.3, -0.25) is 4.57 Å². The summed E-state index contributed by atoms with van der Waals surface area (Å²) >= 11 is 1.10. The van der Waals surface area contributed by atoms with Gasteiger partial charge < -0.3 is 14.6 Å². The fourth-order valence-corrected chi connectivity index (χ4v) is 3.86. The molecular formula is C20H17N3O4S. The molecule has 8 heteroatoms. The number of carboxylic acids is 1. The molecule has 0 saturated heterocycles. The van der Waals surface area contributed by atoms with Gasteiger partial charge in [-0.05, 0) is 6.92 Å². The monoisotopic (exact) mass is 395 g/mol. The quantitative estimate of drug-likeness (QED) is 0.546. The van der Waals surface area contributed by atoms with Gasteiger partial charge in [-0.2, -0.15) is 0 Å². The van der Waals surface area contributed by atoms with E-state index in [1.54, 1.807) is 37.2 Å². The Hall–Kier alpha value is -3.39. The number of ether oxygens (including phenoxy) is 2. The van der Waals surface area contributed by atoms with Crippen molar-refractivity contribution in [1.82, 2.24) is 14.5 Å². The fraction of sp³-hybridized carbons (Fsp3) is 0.150. The average Bonchev–Trinajstić information content (AvgIpc) is 3.31. The maximum Gasteiger partial charge on any atom is 0.348 e. The van der Waals surface area contributed by atoms with Crippen molar-refractivity contribution >= 4 is 28.3 Å². The summed E-state index contributed by atoms with van der Waals surface area (Å²) in [6, 6.07) is 11.2. The largest absolute Gasteiger partial charge is 0.493 e. The van der Waals surface area contributed by atoms with Crippen molar-refractivity contribution in [2.75, 3.05) is 14.2 Å². The number of methoxy groups -OCH3 is 2. The average molecular weight is 395 g/mol. The highest BCUT2D eigenvalue weighted by atomic mass is 32.1. The molecule has 0 spiro atoms. The number of aromatic nitrogens is 3. The van der Waals surface area contributed by atoms with Crippen molar-refractivity contribution in [2.24, 2.45) is 0 Å². The van der Waals surface area contributed by atoms with Gasteiger partial charge in [0.2, 0.25) is 0 Å². The smallest absolute Gasteiger partial charge is 0.348 e. The second kappa shape index (κ2) is 6.97. The van der Waals surface area contributed by atoms with Crippen molar-refractivity contribution in [1.29, 1.82) is 0 Å². The number of rotatable bonds is 5. The van der Waals surface area contributed by atoms with Crippen LogP contribution in [0.25, 0.3) is 27.4 Å². The molecule has 0 unspecified atom stereocenters. The molecule has 142 valence electrons. The lowest BCUT2D eigenvalue weighted by Crippen LogP contribution is -1.95. The number of thiazole rings is 1. The van der Waals surface area contributed by atoms with Gasteiger partial charge in [0.05, 0.1) is 30.9 Å². The highest BCUT2D eigenvalue weighted by molar-refractivity contribution is 7.16. The van der Waals surface area contributed by atoms with E-state index < -0.39 is 5.97 Å². The molecule has 0 aliphatic heterocycles. The Bertz CT molecular complexity index is 1180. The summed E-state index contributed by atoms with van der Waals surface area (Å²) in [6.07, 6.45) is 1.62. The molecule has 28 heavy (non-hydrogen) atoms. The van der Waals surface area contributed by atoms with Gasteiger partial charge >= 0.3 is 5.97 Å². The second-order valence-corrected chi connectivity index (χ2v) is 7.13. The zero-order chi connectivity index (χ0) is 19.8. The van der Waals surface area contributed by atoms with Crippen molar-refractivity contribution in [3.05, 3.63) is 53.2 Å². The van der Waals surface area contributed by atoms with Crippen molar-refractivity contribution in [3.8, 4) is 27.9 Å². The Morgan fingerprint density at radius 2 is 1.79 bits per heavy atom. The third kappa shape index (κ3) is 2.97. The van der Waals surface area contributed by atoms with Crippen LogP contribution in [0.15, 0.2) is 42.7 Å². The van der Waals surface area contributed by atoms with Crippen LogP contribution in [-0.4, -0.2) is 39.8 Å². The lowest BCUT2D eigenvalue weighted by Gasteiger charge is -2.07. The maximum absolute atomic E-state index is 11.8. The van der Waals surface area contributed by atoms with E-state index in [9.17, 15) is 9.90 Å². The first-order valence-corrected chi connectivity index (χ1v) is 9.24. The van der Waals surface area contributed by atoms with E-state index in [4.69, 9.17) is 9.47 Å². The van der Waals surface area contributed by atoms with Gasteiger partial charge in [0, 0.05) is 17.7 Å². The van der Waals surface area contributed by atoms with Crippen LogP contribution in [0.2, 0.25) is 0 Å². The predicted molar refractivity (Wildman–Crippen MR) is 107 cm³/mol. The molecule has 2 aromatic carbocycles. The van der Waals surface area contributed by atoms with E-state index in [-0.39, 0.29) is 4.88 Å². The number of fused-ring (bicyclic) bond motifs is 1. The fourth-order valence-electron chi connectivity index (χ4n) is 2.95. The highest BCUT2D eigenvalue weighted by Gasteiger charge is 2.21. The molecule has 0 aliphatic carbocycles. The van der Waals surface area contributed by atoms with Gasteiger partial charge in [0.1, 0.15) is 11.2 Å². The Labute approximate surface area is 164 Å². The Kier molecular flexibility index (Phi) is 4.48. The molecule has 0 fully saturated rings. The zero-order valence-corrected chi connectivity index (χ0v) is 16.3. The van der Waals surface area contributed by atoms with E-state index >= 15 is 0 Å². The van der Waals surface area contributed by atoms with E-state index in [2.05, 4.69) is 9.97 Å². The number of nitrogens with zero attached hydrogens (tertiary/aromatic N) is 3. The number of benzene rings is 2. The molecule has 4 aromatic rings. The van der Waals surface area contributed by atoms with Crippen molar-refractivity contribution in [2.45, 2.75) is 6.92 Å². The van der Waals surface area contributed by atoms with Gasteiger partial charge in [-0.15, -0.1) is 0 Å². The third-order valence-corrected chi connectivity index (χ3v) is 5.44. The van der Waals surface area contributed by atoms with Gasteiger partial charge in [-0.1, -0.05) is 41.2 Å². The molecule has 0 saturated carbocycles. The first-order valence-electron chi connectivity index (χ1n) is 8.42. The summed E-state index contributed by atoms with van der Waals surface area (Å²) in [5.41, 5.74) is 3.74. The molecule has 0 aliphatic rings. The highest BCUT2D eigenvalue weighted by Crippen LogP contribution is 2.35. The topological polar surface area (TPSA) is 86.5 Å². The van der Waals surface area contributed by atoms with E-state index in [0.29, 0.717) is 27.8 Å². The van der Waals surface area contributed by atoms with Crippen LogP contribution in [0.1, 0.15) is 15.2 Å². The van der Waals surface area contributed by atoms with Gasteiger partial charge in [0.25, 0.3) is 0 Å². The van der Waals surface area contributed by atoms with Crippen LogP contribution >= 0.6 is 11.3 Å². The standard InChI is InChI=1S/C20H17N3O4S/c1-11-4-6-12(7-5-11)17-18(19(24)25)28-20(22-17)23-10-21-13-8-15(26-2)16(27-3)9-14(13)23/h4-10H,1-3H3,(H,24,25). The SMILES string of the molecule is COc1cc2ncn(-c3nc(-c4ccc(C)cc4)c(C(=O)O)s3)c2cc1OC. The molecule has 7 nitrogen and oxygen atoms in total. The molecule has 0 atom stereocenters. The van der Waals surface area contributed by atoms with Crippen LogP contribution in [-0.2, 0) is 0 Å². The lowest BCUT2D eigenvalue weighted by molar-refractivity contribution is 0.0702. The number of carbonyl (C=O) groups is 1. The van der Waals surface area contributed by atoms with Gasteiger partial charge in [-0.25, -0.2) is 14.8 Å². The summed E-state index contributed by atoms with van der Waals surface area (Å²) in [5, 5.41) is 10.2. The first-order chi connectivity index (χ1) is 13.5. The molecule has 0 radical (unpaired) electrons. The molecule has 0 bridgehead atoms. The normalized spacial score (nSPS) is 11.0.